The zero-order valence-corrected chi connectivity index (χ0v) is 9.79. The normalized spacial score (nSPS) is 9.20. The second-order valence-electron chi connectivity index (χ2n) is 2.38. The van der Waals surface area contributed by atoms with Gasteiger partial charge in [-0.15, -0.1) is 5.10 Å². The summed E-state index contributed by atoms with van der Waals surface area (Å²) in [5, 5.41) is 7.55. The second kappa shape index (κ2) is 7.82. The third-order valence-corrected chi connectivity index (χ3v) is 1.62. The van der Waals surface area contributed by atoms with E-state index < -0.39 is 0 Å². The second-order valence-corrected chi connectivity index (χ2v) is 2.82. The highest BCUT2D eigenvalue weighted by Crippen LogP contribution is 1.97. The Kier molecular flexibility index (Phi) is 7.01. The van der Waals surface area contributed by atoms with Crippen LogP contribution < -0.4 is 5.73 Å². The first-order chi connectivity index (χ1) is 7.20. The van der Waals surface area contributed by atoms with Crippen LogP contribution in [0.15, 0.2) is 42.8 Å². The van der Waals surface area contributed by atoms with Crippen molar-refractivity contribution in [2.24, 2.45) is 5.73 Å². The van der Waals surface area contributed by atoms with E-state index in [2.05, 4.69) is 16.8 Å². The van der Waals surface area contributed by atoms with E-state index >= 15 is 0 Å². The average Bonchev–Trinajstić information content (AvgIpc) is 2.30. The monoisotopic (exact) mass is 221 g/mol. The Labute approximate surface area is 95.7 Å². The van der Waals surface area contributed by atoms with E-state index in [-0.39, 0.29) is 0 Å². The minimum absolute atomic E-state index is 0.464. The van der Waals surface area contributed by atoms with Crippen LogP contribution in [0.25, 0.3) is 0 Å². The third kappa shape index (κ3) is 5.70. The van der Waals surface area contributed by atoms with Gasteiger partial charge < -0.3 is 5.73 Å². The van der Waals surface area contributed by atoms with Gasteiger partial charge in [0, 0.05) is 11.9 Å². The smallest absolute Gasteiger partial charge is 0.104 e. The van der Waals surface area contributed by atoms with Gasteiger partial charge in [-0.25, -0.2) is 0 Å². The van der Waals surface area contributed by atoms with Crippen molar-refractivity contribution in [3.63, 3.8) is 0 Å². The van der Waals surface area contributed by atoms with E-state index in [1.807, 2.05) is 13.8 Å². The van der Waals surface area contributed by atoms with Crippen LogP contribution in [-0.4, -0.2) is 15.1 Å². The molecule has 0 amide bonds. The molecule has 0 bridgehead atoms. The van der Waals surface area contributed by atoms with Gasteiger partial charge in [-0.1, -0.05) is 32.6 Å². The Morgan fingerprint density at radius 2 is 2.13 bits per heavy atom. The fourth-order valence-corrected chi connectivity index (χ4v) is 0.878. The topological polar surface area (TPSA) is 51.8 Å². The lowest BCUT2D eigenvalue weighted by Crippen LogP contribution is -1.98. The molecule has 4 heteroatoms. The van der Waals surface area contributed by atoms with Crippen molar-refractivity contribution in [1.29, 1.82) is 0 Å². The SMILES string of the molecule is C=C(N)/C=C\C(=S)c1cccnn1.CC. The molecule has 0 fully saturated rings. The van der Waals surface area contributed by atoms with Gasteiger partial charge >= 0.3 is 0 Å². The fourth-order valence-electron chi connectivity index (χ4n) is 0.701. The summed E-state index contributed by atoms with van der Waals surface area (Å²) < 4.78 is 0. The minimum atomic E-state index is 0.464. The minimum Gasteiger partial charge on any atom is -0.399 e. The molecule has 1 heterocycles. The Bertz CT molecular complexity index is 344. The predicted octanol–water partition coefficient (Wildman–Crippen LogP) is 2.25. The van der Waals surface area contributed by atoms with Crippen LogP contribution in [0.5, 0.6) is 0 Å². The molecule has 0 saturated heterocycles. The van der Waals surface area contributed by atoms with E-state index in [1.54, 1.807) is 30.5 Å². The standard InChI is InChI=1S/C9H9N3S.C2H6/c1-7(10)4-5-9(13)8-3-2-6-11-12-8;1-2/h2-6H,1,10H2;1-2H3/b5-4-;. The van der Waals surface area contributed by atoms with Crippen LogP contribution in [0.1, 0.15) is 19.5 Å². The molecule has 0 aliphatic heterocycles. The van der Waals surface area contributed by atoms with Gasteiger partial charge in [-0.05, 0) is 24.3 Å². The van der Waals surface area contributed by atoms with Crippen molar-refractivity contribution in [2.75, 3.05) is 0 Å². The number of nitrogens with zero attached hydrogens (tertiary/aromatic N) is 2. The third-order valence-electron chi connectivity index (χ3n) is 1.27. The van der Waals surface area contributed by atoms with Crippen LogP contribution >= 0.6 is 12.2 Å². The summed E-state index contributed by atoms with van der Waals surface area (Å²) in [6.45, 7) is 7.52. The van der Waals surface area contributed by atoms with Crippen molar-refractivity contribution in [1.82, 2.24) is 10.2 Å². The molecule has 2 N–H and O–H groups in total. The van der Waals surface area contributed by atoms with Crippen LogP contribution in [0.4, 0.5) is 0 Å². The van der Waals surface area contributed by atoms with Crippen LogP contribution in [0.2, 0.25) is 0 Å². The molecule has 3 nitrogen and oxygen atoms in total. The molecule has 0 atom stereocenters. The van der Waals surface area contributed by atoms with E-state index in [0.29, 0.717) is 16.3 Å². The van der Waals surface area contributed by atoms with Crippen molar-refractivity contribution in [3.8, 4) is 0 Å². The highest BCUT2D eigenvalue weighted by atomic mass is 32.1. The molecule has 1 aromatic heterocycles. The molecule has 0 radical (unpaired) electrons. The quantitative estimate of drug-likeness (QED) is 0.368. The van der Waals surface area contributed by atoms with Gasteiger partial charge in [0.1, 0.15) is 5.69 Å². The Hall–Kier alpha value is -1.55. The molecule has 0 aliphatic carbocycles. The van der Waals surface area contributed by atoms with E-state index in [4.69, 9.17) is 18.0 Å². The maximum Gasteiger partial charge on any atom is 0.104 e. The number of rotatable bonds is 3. The lowest BCUT2D eigenvalue weighted by atomic mass is 10.2. The largest absolute Gasteiger partial charge is 0.399 e. The molecular weight excluding hydrogens is 206 g/mol. The molecule has 0 saturated carbocycles. The van der Waals surface area contributed by atoms with Gasteiger partial charge in [0.25, 0.3) is 0 Å². The number of hydrogen-bond donors (Lipinski definition) is 1. The number of aromatic nitrogens is 2. The van der Waals surface area contributed by atoms with Crippen LogP contribution in [0.3, 0.4) is 0 Å². The van der Waals surface area contributed by atoms with E-state index in [0.717, 1.165) is 0 Å². The maximum absolute atomic E-state index is 5.34. The van der Waals surface area contributed by atoms with Crippen molar-refractivity contribution in [3.05, 3.63) is 48.5 Å². The number of nitrogens with two attached hydrogens (primary N) is 1. The van der Waals surface area contributed by atoms with Crippen LogP contribution in [-0.2, 0) is 0 Å². The highest BCUT2D eigenvalue weighted by molar-refractivity contribution is 7.81. The first kappa shape index (κ1) is 13.4. The Morgan fingerprint density at radius 1 is 1.47 bits per heavy atom. The first-order valence-corrected chi connectivity index (χ1v) is 5.05. The van der Waals surface area contributed by atoms with Crippen molar-refractivity contribution >= 4 is 17.1 Å². The Balaban J connectivity index is 0.000000921. The number of allylic oxidation sites excluding steroid dienone is 2. The molecule has 0 aromatic carbocycles. The van der Waals surface area contributed by atoms with E-state index in [9.17, 15) is 0 Å². The fraction of sp³-hybridized carbons (Fsp3) is 0.182. The summed E-state index contributed by atoms with van der Waals surface area (Å²) in [5.74, 6) is 0. The van der Waals surface area contributed by atoms with Gasteiger partial charge in [-0.2, -0.15) is 5.10 Å². The first-order valence-electron chi connectivity index (χ1n) is 4.64. The summed E-state index contributed by atoms with van der Waals surface area (Å²) in [6, 6.07) is 3.57. The van der Waals surface area contributed by atoms with Gasteiger partial charge in [0.2, 0.25) is 0 Å². The summed E-state index contributed by atoms with van der Waals surface area (Å²) >= 11 is 5.05. The maximum atomic E-state index is 5.34. The highest BCUT2D eigenvalue weighted by Gasteiger charge is 1.96. The summed E-state index contributed by atoms with van der Waals surface area (Å²) in [4.78, 5) is 0.597. The Morgan fingerprint density at radius 3 is 2.60 bits per heavy atom. The van der Waals surface area contributed by atoms with Gasteiger partial charge in [0.15, 0.2) is 0 Å². The van der Waals surface area contributed by atoms with Crippen molar-refractivity contribution in [2.45, 2.75) is 13.8 Å². The number of thiocarbonyl (C=S) groups is 1. The van der Waals surface area contributed by atoms with Crippen molar-refractivity contribution < 1.29 is 0 Å². The molecule has 15 heavy (non-hydrogen) atoms. The van der Waals surface area contributed by atoms with Gasteiger partial charge in [-0.3, -0.25) is 0 Å². The predicted molar refractivity (Wildman–Crippen MR) is 67.5 cm³/mol. The zero-order valence-electron chi connectivity index (χ0n) is 8.97. The zero-order chi connectivity index (χ0) is 11.7. The van der Waals surface area contributed by atoms with E-state index in [1.165, 1.54) is 0 Å². The lowest BCUT2D eigenvalue weighted by molar-refractivity contribution is 1.02. The molecule has 0 spiro atoms. The molecular formula is C11H15N3S. The van der Waals surface area contributed by atoms with Gasteiger partial charge in [0.05, 0.1) is 4.86 Å². The number of hydrogen-bond acceptors (Lipinski definition) is 4. The average molecular weight is 221 g/mol. The molecule has 1 rings (SSSR count). The molecule has 0 aliphatic rings. The molecule has 0 unspecified atom stereocenters. The lowest BCUT2D eigenvalue weighted by Gasteiger charge is -1.94. The summed E-state index contributed by atoms with van der Waals surface area (Å²) in [7, 11) is 0. The van der Waals surface area contributed by atoms with Crippen LogP contribution in [0, 0.1) is 0 Å². The summed E-state index contributed by atoms with van der Waals surface area (Å²) in [6.07, 6.45) is 4.91. The molecule has 1 aromatic rings. The summed E-state index contributed by atoms with van der Waals surface area (Å²) in [5.41, 5.74) is 6.47. The molecule has 80 valence electrons.